The van der Waals surface area contributed by atoms with Crippen LogP contribution in [0.1, 0.15) is 23.2 Å². The lowest BCUT2D eigenvalue weighted by atomic mass is 9.92. The predicted octanol–water partition coefficient (Wildman–Crippen LogP) is 1.53. The summed E-state index contributed by atoms with van der Waals surface area (Å²) in [4.78, 5) is 46.9. The van der Waals surface area contributed by atoms with E-state index in [1.165, 1.54) is 17.2 Å². The number of carboxylic acids is 1. The van der Waals surface area contributed by atoms with Crippen LogP contribution in [0.3, 0.4) is 0 Å². The summed E-state index contributed by atoms with van der Waals surface area (Å²) < 4.78 is 13.9. The molecule has 1 amide bonds. The maximum atomic E-state index is 13.9. The molecule has 1 unspecified atom stereocenters. The number of ketones is 1. The molecule has 3 atom stereocenters. The zero-order chi connectivity index (χ0) is 21.3. The zero-order valence-corrected chi connectivity index (χ0v) is 17.0. The first-order valence-corrected chi connectivity index (χ1v) is 10.2. The van der Waals surface area contributed by atoms with Crippen LogP contribution in [0.15, 0.2) is 17.2 Å². The average Bonchev–Trinajstić information content (AvgIpc) is 3.23. The summed E-state index contributed by atoms with van der Waals surface area (Å²) >= 11 is 6.46. The smallest absolute Gasteiger partial charge is 0.324 e. The summed E-state index contributed by atoms with van der Waals surface area (Å²) in [6.07, 6.45) is -0.210. The number of likely N-dealkylation sites (N-methyl/N-ethyl adjacent to an activating group) is 1. The minimum absolute atomic E-state index is 0.00837. The molecule has 1 aliphatic carbocycles. The predicted molar refractivity (Wildman–Crippen MR) is 107 cm³/mol. The van der Waals surface area contributed by atoms with Gasteiger partial charge in [-0.1, -0.05) is 11.6 Å². The fourth-order valence-corrected chi connectivity index (χ4v) is 4.83. The van der Waals surface area contributed by atoms with Crippen LogP contribution in [0.2, 0.25) is 5.02 Å². The van der Waals surface area contributed by atoms with E-state index in [-0.39, 0.29) is 22.8 Å². The fraction of sp³-hybridized carbons (Fsp3) is 0.500. The van der Waals surface area contributed by atoms with E-state index in [0.29, 0.717) is 18.9 Å². The maximum absolute atomic E-state index is 13.9. The van der Waals surface area contributed by atoms with Gasteiger partial charge in [-0.15, -0.1) is 0 Å². The molecule has 3 aliphatic heterocycles. The number of anilines is 2. The molecule has 5 rings (SSSR count). The first-order chi connectivity index (χ1) is 14.3. The Morgan fingerprint density at radius 3 is 2.60 bits per heavy atom. The van der Waals surface area contributed by atoms with E-state index >= 15 is 0 Å². The van der Waals surface area contributed by atoms with Crippen molar-refractivity contribution in [2.75, 3.05) is 43.0 Å². The van der Waals surface area contributed by atoms with Crippen LogP contribution in [0.4, 0.5) is 16.0 Å². The molecular weight excluding hydrogens is 415 g/mol. The lowest BCUT2D eigenvalue weighted by Crippen LogP contribution is -2.50. The third-order valence-corrected chi connectivity index (χ3v) is 6.53. The van der Waals surface area contributed by atoms with Crippen molar-refractivity contribution in [2.45, 2.75) is 25.1 Å². The van der Waals surface area contributed by atoms with Crippen LogP contribution in [-0.2, 0) is 9.59 Å². The molecule has 4 aliphatic rings. The Labute approximate surface area is 176 Å². The van der Waals surface area contributed by atoms with Crippen molar-refractivity contribution in [1.82, 2.24) is 9.88 Å². The van der Waals surface area contributed by atoms with E-state index in [1.807, 2.05) is 4.90 Å². The number of Topliss-reactive ketones (excluding diaryl/α,β-unsaturated/α-hetero) is 1. The Morgan fingerprint density at radius 1 is 1.23 bits per heavy atom. The maximum Gasteiger partial charge on any atom is 0.324 e. The molecule has 1 saturated carbocycles. The largest absolute Gasteiger partial charge is 0.480 e. The highest BCUT2D eigenvalue weighted by Gasteiger charge is 2.54. The molecule has 4 heterocycles. The molecule has 1 aromatic heterocycles. The lowest BCUT2D eigenvalue weighted by molar-refractivity contribution is -0.144. The summed E-state index contributed by atoms with van der Waals surface area (Å²) in [5.74, 6) is -4.83. The van der Waals surface area contributed by atoms with Crippen molar-refractivity contribution in [3.63, 3.8) is 0 Å². The van der Waals surface area contributed by atoms with Gasteiger partial charge in [0.05, 0.1) is 16.6 Å². The number of aromatic nitrogens is 1. The van der Waals surface area contributed by atoms with Crippen LogP contribution >= 0.6 is 11.6 Å². The topological polar surface area (TPSA) is 94.0 Å². The molecule has 0 bridgehead atoms. The number of carboxylic acid groups (broad SMARTS) is 1. The molecule has 8 nitrogen and oxygen atoms in total. The molecule has 1 N–H and O–H groups in total. The van der Waals surface area contributed by atoms with Gasteiger partial charge in [0.25, 0.3) is 5.91 Å². The van der Waals surface area contributed by atoms with Gasteiger partial charge in [-0.05, 0) is 30.7 Å². The number of alkyl halides is 1. The van der Waals surface area contributed by atoms with E-state index in [4.69, 9.17) is 11.6 Å². The second-order valence-corrected chi connectivity index (χ2v) is 8.79. The summed E-state index contributed by atoms with van der Waals surface area (Å²) in [5.41, 5.74) is 2.59. The van der Waals surface area contributed by atoms with Crippen molar-refractivity contribution in [1.29, 1.82) is 0 Å². The van der Waals surface area contributed by atoms with Gasteiger partial charge in [0.1, 0.15) is 17.8 Å². The van der Waals surface area contributed by atoms with E-state index in [2.05, 4.69) is 16.9 Å². The highest BCUT2D eigenvalue weighted by Crippen LogP contribution is 2.43. The van der Waals surface area contributed by atoms with Crippen molar-refractivity contribution >= 4 is 40.9 Å². The molecule has 1 fully saturated rings. The van der Waals surface area contributed by atoms with Crippen LogP contribution in [-0.4, -0.2) is 78.1 Å². The van der Waals surface area contributed by atoms with Gasteiger partial charge in [0.15, 0.2) is 11.7 Å². The Hall–Kier alpha value is -2.52. The first-order valence-electron chi connectivity index (χ1n) is 9.84. The monoisotopic (exact) mass is 434 g/mol. The van der Waals surface area contributed by atoms with Crippen molar-refractivity contribution in [3.8, 4) is 0 Å². The SMILES string of the molecule is CN1CCC2=C(C1)CN(c1nc3c(cc1Cl)C(=O)C(C(=O)O)C(=O)N3[C@@H]1C[C@@H]1F)C2. The first kappa shape index (κ1) is 19.4. The van der Waals surface area contributed by atoms with E-state index < -0.39 is 35.8 Å². The zero-order valence-electron chi connectivity index (χ0n) is 16.3. The molecular formula is C20H20ClFN4O4. The second-order valence-electron chi connectivity index (χ2n) is 8.38. The molecule has 0 spiro atoms. The molecule has 0 aromatic carbocycles. The molecule has 0 saturated heterocycles. The summed E-state index contributed by atoms with van der Waals surface area (Å²) in [6.45, 7) is 3.14. The van der Waals surface area contributed by atoms with Crippen LogP contribution < -0.4 is 9.80 Å². The number of halogens is 2. The van der Waals surface area contributed by atoms with E-state index in [0.717, 1.165) is 24.4 Å². The van der Waals surface area contributed by atoms with Crippen molar-refractivity contribution in [3.05, 3.63) is 27.8 Å². The molecule has 30 heavy (non-hydrogen) atoms. The number of amides is 1. The fourth-order valence-electron chi connectivity index (χ4n) is 4.56. The quantitative estimate of drug-likeness (QED) is 0.569. The summed E-state index contributed by atoms with van der Waals surface area (Å²) in [6, 6.07) is 0.571. The Kier molecular flexibility index (Phi) is 4.37. The standard InChI is InChI=1S/C20H20ClFN4O4/c1-24-3-2-9-7-25(8-10(9)6-24)18-12(21)4-11-16(27)15(20(29)30)19(28)26(17(11)23-18)14-5-13(14)22/h4,13-15H,2-3,5-8H2,1H3,(H,29,30)/t13-,14+,15?/m0/s1. The average molecular weight is 435 g/mol. The minimum atomic E-state index is -1.90. The number of rotatable bonds is 3. The number of fused-ring (bicyclic) bond motifs is 1. The lowest BCUT2D eigenvalue weighted by Gasteiger charge is -2.32. The number of pyridine rings is 1. The van der Waals surface area contributed by atoms with Crippen molar-refractivity contribution in [2.24, 2.45) is 5.92 Å². The summed E-state index contributed by atoms with van der Waals surface area (Å²) in [5, 5.41) is 9.60. The molecule has 0 radical (unpaired) electrons. The van der Waals surface area contributed by atoms with Gasteiger partial charge in [0.2, 0.25) is 0 Å². The Bertz CT molecular complexity index is 1030. The van der Waals surface area contributed by atoms with Gasteiger partial charge in [-0.2, -0.15) is 0 Å². The number of carbonyl (C=O) groups is 3. The number of aliphatic carboxylic acids is 1. The van der Waals surface area contributed by atoms with Crippen molar-refractivity contribution < 1.29 is 23.9 Å². The molecule has 1 aromatic rings. The normalized spacial score (nSPS) is 28.7. The Balaban J connectivity index is 1.55. The minimum Gasteiger partial charge on any atom is -0.480 e. The van der Waals surface area contributed by atoms with Gasteiger partial charge >= 0.3 is 5.97 Å². The van der Waals surface area contributed by atoms with Crippen LogP contribution in [0, 0.1) is 5.92 Å². The van der Waals surface area contributed by atoms with Gasteiger partial charge in [-0.3, -0.25) is 19.3 Å². The molecule has 158 valence electrons. The second kappa shape index (κ2) is 6.75. The number of hydrogen-bond donors (Lipinski definition) is 1. The number of nitrogens with zero attached hydrogens (tertiary/aromatic N) is 4. The van der Waals surface area contributed by atoms with E-state index in [9.17, 15) is 23.9 Å². The third-order valence-electron chi connectivity index (χ3n) is 6.26. The third kappa shape index (κ3) is 2.91. The number of hydrogen-bond acceptors (Lipinski definition) is 6. The van der Waals surface area contributed by atoms with Crippen LogP contribution in [0.25, 0.3) is 0 Å². The van der Waals surface area contributed by atoms with E-state index in [1.54, 1.807) is 0 Å². The molecule has 10 heteroatoms. The van der Waals surface area contributed by atoms with Gasteiger partial charge in [-0.25, -0.2) is 9.37 Å². The Morgan fingerprint density at radius 2 is 1.93 bits per heavy atom. The van der Waals surface area contributed by atoms with Crippen LogP contribution in [0.5, 0.6) is 0 Å². The number of carbonyl (C=O) groups excluding carboxylic acids is 2. The van der Waals surface area contributed by atoms with Gasteiger partial charge in [0, 0.05) is 32.6 Å². The highest BCUT2D eigenvalue weighted by molar-refractivity contribution is 6.35. The highest BCUT2D eigenvalue weighted by atomic mass is 35.5. The summed E-state index contributed by atoms with van der Waals surface area (Å²) in [7, 11) is 2.06. The van der Waals surface area contributed by atoms with Gasteiger partial charge < -0.3 is 14.9 Å².